The molecule has 0 aliphatic carbocycles. The molecule has 2 rings (SSSR count). The van der Waals surface area contributed by atoms with Gasteiger partial charge in [0.2, 0.25) is 0 Å². The lowest BCUT2D eigenvalue weighted by Gasteiger charge is -2.27. The third-order valence-electron chi connectivity index (χ3n) is 3.59. The lowest BCUT2D eigenvalue weighted by molar-refractivity contribution is -0.000200. The van der Waals surface area contributed by atoms with Gasteiger partial charge >= 0.3 is 0 Å². The smallest absolute Gasteiger partial charge is 0.254 e. The molecule has 0 spiro atoms. The Bertz CT molecular complexity index is 453. The molecule has 1 fully saturated rings. The van der Waals surface area contributed by atoms with Crippen molar-refractivity contribution < 1.29 is 9.53 Å². The van der Waals surface area contributed by atoms with E-state index < -0.39 is 0 Å². The largest absolute Gasteiger partial charge is 0.399 e. The molecule has 0 aromatic heterocycles. The molecule has 2 N–H and O–H groups in total. The summed E-state index contributed by atoms with van der Waals surface area (Å²) in [5, 5.41) is 0. The van der Waals surface area contributed by atoms with Gasteiger partial charge in [0, 0.05) is 31.5 Å². The summed E-state index contributed by atoms with van der Waals surface area (Å²) in [4.78, 5) is 14.1. The van der Waals surface area contributed by atoms with Crippen LogP contribution in [0.25, 0.3) is 0 Å². The van der Waals surface area contributed by atoms with E-state index >= 15 is 0 Å². The van der Waals surface area contributed by atoms with Crippen molar-refractivity contribution >= 4 is 11.6 Å². The number of carbonyl (C=O) groups is 1. The summed E-state index contributed by atoms with van der Waals surface area (Å²) in [6, 6.07) is 5.44. The van der Waals surface area contributed by atoms with Gasteiger partial charge in [-0.15, -0.1) is 0 Å². The number of anilines is 1. The number of hydrogen-bond donors (Lipinski definition) is 1. The zero-order chi connectivity index (χ0) is 13.8. The zero-order valence-electron chi connectivity index (χ0n) is 11.7. The van der Waals surface area contributed by atoms with Gasteiger partial charge in [-0.2, -0.15) is 0 Å². The summed E-state index contributed by atoms with van der Waals surface area (Å²) < 4.78 is 5.67. The number of nitrogens with zero attached hydrogens (tertiary/aromatic N) is 1. The van der Waals surface area contributed by atoms with Crippen LogP contribution in [0.15, 0.2) is 18.2 Å². The molecule has 104 valence electrons. The second-order valence-electron chi connectivity index (χ2n) is 5.25. The molecule has 1 unspecified atom stereocenters. The van der Waals surface area contributed by atoms with Crippen molar-refractivity contribution in [1.82, 2.24) is 4.90 Å². The van der Waals surface area contributed by atoms with Gasteiger partial charge in [0.05, 0.1) is 6.10 Å². The van der Waals surface area contributed by atoms with Crippen LogP contribution in [0.3, 0.4) is 0 Å². The van der Waals surface area contributed by atoms with Crippen LogP contribution in [-0.2, 0) is 4.74 Å². The number of benzene rings is 1. The summed E-state index contributed by atoms with van der Waals surface area (Å²) in [7, 11) is 1.82. The fraction of sp³-hybridized carbons (Fsp3) is 0.533. The van der Waals surface area contributed by atoms with Gasteiger partial charge < -0.3 is 15.4 Å². The summed E-state index contributed by atoms with van der Waals surface area (Å²) in [6.45, 7) is 3.38. The summed E-state index contributed by atoms with van der Waals surface area (Å²) in [5.74, 6) is 0.0129. The van der Waals surface area contributed by atoms with Gasteiger partial charge in [0.25, 0.3) is 5.91 Å². The van der Waals surface area contributed by atoms with Crippen molar-refractivity contribution in [2.75, 3.05) is 25.9 Å². The van der Waals surface area contributed by atoms with Crippen LogP contribution < -0.4 is 5.73 Å². The minimum atomic E-state index is 0.0129. The highest BCUT2D eigenvalue weighted by Crippen LogP contribution is 2.17. The first-order valence-corrected chi connectivity index (χ1v) is 6.81. The van der Waals surface area contributed by atoms with E-state index in [9.17, 15) is 4.79 Å². The van der Waals surface area contributed by atoms with Crippen LogP contribution in [-0.4, -0.2) is 37.1 Å². The van der Waals surface area contributed by atoms with Crippen molar-refractivity contribution in [1.29, 1.82) is 0 Å². The van der Waals surface area contributed by atoms with E-state index in [2.05, 4.69) is 0 Å². The summed E-state index contributed by atoms with van der Waals surface area (Å²) >= 11 is 0. The minimum absolute atomic E-state index is 0.0129. The molecule has 1 aliphatic heterocycles. The van der Waals surface area contributed by atoms with Crippen LogP contribution >= 0.6 is 0 Å². The van der Waals surface area contributed by atoms with Crippen molar-refractivity contribution in [3.63, 3.8) is 0 Å². The number of likely N-dealkylation sites (N-methyl/N-ethyl adjacent to an activating group) is 1. The Morgan fingerprint density at radius 2 is 2.26 bits per heavy atom. The number of rotatable bonds is 3. The normalized spacial score (nSPS) is 19.2. The standard InChI is InChI=1S/C15H22N2O2/c1-11-6-7-12(16)9-14(11)15(18)17(2)10-13-5-3-4-8-19-13/h6-7,9,13H,3-5,8,10,16H2,1-2H3. The van der Waals surface area contributed by atoms with Crippen LogP contribution in [0, 0.1) is 6.92 Å². The van der Waals surface area contributed by atoms with Crippen LogP contribution in [0.5, 0.6) is 0 Å². The molecule has 1 atom stereocenters. The lowest BCUT2D eigenvalue weighted by atomic mass is 10.1. The van der Waals surface area contributed by atoms with E-state index in [0.29, 0.717) is 17.8 Å². The number of nitrogen functional groups attached to an aromatic ring is 1. The van der Waals surface area contributed by atoms with Crippen molar-refractivity contribution in [2.45, 2.75) is 32.3 Å². The quantitative estimate of drug-likeness (QED) is 0.850. The highest BCUT2D eigenvalue weighted by atomic mass is 16.5. The monoisotopic (exact) mass is 262 g/mol. The molecule has 1 aromatic rings. The molecule has 0 radical (unpaired) electrons. The molecule has 1 aliphatic rings. The third-order valence-corrected chi connectivity index (χ3v) is 3.59. The summed E-state index contributed by atoms with van der Waals surface area (Å²) in [5.41, 5.74) is 8.01. The molecule has 1 heterocycles. The molecular weight excluding hydrogens is 240 g/mol. The second-order valence-corrected chi connectivity index (χ2v) is 5.25. The fourth-order valence-corrected chi connectivity index (χ4v) is 2.42. The van der Waals surface area contributed by atoms with Crippen LogP contribution in [0.1, 0.15) is 35.2 Å². The number of amides is 1. The van der Waals surface area contributed by atoms with E-state index in [1.54, 1.807) is 11.0 Å². The molecule has 19 heavy (non-hydrogen) atoms. The maximum Gasteiger partial charge on any atom is 0.254 e. The Morgan fingerprint density at radius 1 is 1.47 bits per heavy atom. The van der Waals surface area contributed by atoms with Crippen molar-refractivity contribution in [3.05, 3.63) is 29.3 Å². The van der Waals surface area contributed by atoms with Gasteiger partial charge in [0.1, 0.15) is 0 Å². The highest BCUT2D eigenvalue weighted by Gasteiger charge is 2.20. The Kier molecular flexibility index (Phi) is 4.43. The zero-order valence-corrected chi connectivity index (χ0v) is 11.7. The molecule has 4 heteroatoms. The Hall–Kier alpha value is -1.55. The van der Waals surface area contributed by atoms with Gasteiger partial charge in [-0.25, -0.2) is 0 Å². The molecule has 1 amide bonds. The van der Waals surface area contributed by atoms with Gasteiger partial charge in [-0.05, 0) is 43.9 Å². The van der Waals surface area contributed by atoms with Gasteiger partial charge in [-0.1, -0.05) is 6.07 Å². The first-order valence-electron chi connectivity index (χ1n) is 6.81. The molecule has 0 saturated carbocycles. The maximum absolute atomic E-state index is 12.4. The summed E-state index contributed by atoms with van der Waals surface area (Å²) in [6.07, 6.45) is 3.52. The average molecular weight is 262 g/mol. The van der Waals surface area contributed by atoms with E-state index in [0.717, 1.165) is 25.0 Å². The first kappa shape index (κ1) is 13.9. The molecule has 0 bridgehead atoms. The van der Waals surface area contributed by atoms with E-state index in [1.807, 2.05) is 26.1 Å². The number of carbonyl (C=O) groups excluding carboxylic acids is 1. The molecule has 1 aromatic carbocycles. The van der Waals surface area contributed by atoms with E-state index in [4.69, 9.17) is 10.5 Å². The third kappa shape index (κ3) is 3.47. The second kappa shape index (κ2) is 6.06. The van der Waals surface area contributed by atoms with Gasteiger partial charge in [0.15, 0.2) is 0 Å². The van der Waals surface area contributed by atoms with Crippen LogP contribution in [0.2, 0.25) is 0 Å². The Labute approximate surface area is 114 Å². The number of aryl methyl sites for hydroxylation is 1. The lowest BCUT2D eigenvalue weighted by Crippen LogP contribution is -2.37. The minimum Gasteiger partial charge on any atom is -0.399 e. The molecule has 4 nitrogen and oxygen atoms in total. The SMILES string of the molecule is Cc1ccc(N)cc1C(=O)N(C)CC1CCCCO1. The Balaban J connectivity index is 2.03. The molecular formula is C15H22N2O2. The predicted molar refractivity (Wildman–Crippen MR) is 76.1 cm³/mol. The Morgan fingerprint density at radius 3 is 2.95 bits per heavy atom. The number of hydrogen-bond acceptors (Lipinski definition) is 3. The van der Waals surface area contributed by atoms with E-state index in [-0.39, 0.29) is 12.0 Å². The topological polar surface area (TPSA) is 55.6 Å². The van der Waals surface area contributed by atoms with Gasteiger partial charge in [-0.3, -0.25) is 4.79 Å². The maximum atomic E-state index is 12.4. The molecule has 1 saturated heterocycles. The van der Waals surface area contributed by atoms with Crippen LogP contribution in [0.4, 0.5) is 5.69 Å². The van der Waals surface area contributed by atoms with E-state index in [1.165, 1.54) is 6.42 Å². The van der Waals surface area contributed by atoms with Crippen molar-refractivity contribution in [2.24, 2.45) is 0 Å². The first-order chi connectivity index (χ1) is 9.08. The number of ether oxygens (including phenoxy) is 1. The average Bonchev–Trinajstić information content (AvgIpc) is 2.42. The fourth-order valence-electron chi connectivity index (χ4n) is 2.42. The number of nitrogens with two attached hydrogens (primary N) is 1. The van der Waals surface area contributed by atoms with Crippen molar-refractivity contribution in [3.8, 4) is 0 Å². The highest BCUT2D eigenvalue weighted by molar-refractivity contribution is 5.96. The predicted octanol–water partition coefficient (Wildman–Crippen LogP) is 2.22.